The van der Waals surface area contributed by atoms with Gasteiger partial charge in [0.15, 0.2) is 5.96 Å². The van der Waals surface area contributed by atoms with Gasteiger partial charge in [-0.15, -0.1) is 24.0 Å². The molecule has 0 unspecified atom stereocenters. The molecule has 1 aliphatic heterocycles. The quantitative estimate of drug-likeness (QED) is 0.392. The van der Waals surface area contributed by atoms with Crippen molar-refractivity contribution in [3.8, 4) is 0 Å². The number of amides is 1. The van der Waals surface area contributed by atoms with Crippen LogP contribution in [0, 0.1) is 5.92 Å². The van der Waals surface area contributed by atoms with Gasteiger partial charge in [-0.3, -0.25) is 9.79 Å². The number of hydrogen-bond donors (Lipinski definition) is 2. The summed E-state index contributed by atoms with van der Waals surface area (Å²) in [5.74, 6) is 1.54. The lowest BCUT2D eigenvalue weighted by molar-refractivity contribution is -0.131. The molecule has 0 aromatic heterocycles. The molecular weight excluding hydrogens is 427 g/mol. The Hall–Kier alpha value is -1.31. The molecule has 1 amide bonds. The van der Waals surface area contributed by atoms with Gasteiger partial charge < -0.3 is 15.5 Å². The van der Waals surface area contributed by atoms with Crippen LogP contribution in [0.3, 0.4) is 0 Å². The maximum Gasteiger partial charge on any atom is 0.241 e. The van der Waals surface area contributed by atoms with E-state index in [1.54, 1.807) is 7.05 Å². The number of hydrogen-bond acceptors (Lipinski definition) is 2. The molecule has 6 heteroatoms. The Morgan fingerprint density at radius 3 is 2.48 bits per heavy atom. The minimum absolute atomic E-state index is 0. The molecule has 1 aromatic carbocycles. The molecule has 1 saturated heterocycles. The zero-order chi connectivity index (χ0) is 17.2. The number of carbonyl (C=O) groups is 1. The monoisotopic (exact) mass is 458 g/mol. The summed E-state index contributed by atoms with van der Waals surface area (Å²) in [6.07, 6.45) is 4.32. The van der Waals surface area contributed by atoms with Crippen LogP contribution >= 0.6 is 24.0 Å². The lowest BCUT2D eigenvalue weighted by atomic mass is 9.90. The van der Waals surface area contributed by atoms with Gasteiger partial charge in [-0.1, -0.05) is 37.3 Å². The number of nitrogens with zero attached hydrogens (tertiary/aromatic N) is 2. The normalized spacial score (nSPS) is 15.4. The van der Waals surface area contributed by atoms with Crippen molar-refractivity contribution in [2.45, 2.75) is 32.6 Å². The van der Waals surface area contributed by atoms with Crippen molar-refractivity contribution < 1.29 is 4.79 Å². The van der Waals surface area contributed by atoms with Crippen molar-refractivity contribution >= 4 is 35.8 Å². The Kier molecular flexibility index (Phi) is 10.5. The van der Waals surface area contributed by atoms with Crippen molar-refractivity contribution in [1.29, 1.82) is 0 Å². The lowest BCUT2D eigenvalue weighted by Gasteiger charge is -2.32. The fourth-order valence-electron chi connectivity index (χ4n) is 3.07. The van der Waals surface area contributed by atoms with Crippen LogP contribution in [0.1, 0.15) is 31.7 Å². The van der Waals surface area contributed by atoms with Crippen LogP contribution in [0.15, 0.2) is 35.3 Å². The first-order valence-electron chi connectivity index (χ1n) is 8.99. The summed E-state index contributed by atoms with van der Waals surface area (Å²) in [5.41, 5.74) is 1.40. The second kappa shape index (κ2) is 12.1. The minimum atomic E-state index is 0. The van der Waals surface area contributed by atoms with Gasteiger partial charge in [-0.05, 0) is 37.2 Å². The number of benzene rings is 1. The number of carbonyl (C=O) groups excluding carboxylic acids is 1. The van der Waals surface area contributed by atoms with Crippen LogP contribution in [0.2, 0.25) is 0 Å². The van der Waals surface area contributed by atoms with E-state index >= 15 is 0 Å². The van der Waals surface area contributed by atoms with Crippen molar-refractivity contribution in [3.05, 3.63) is 35.9 Å². The SMILES string of the molecule is CCCNC(=NC)NCC(=O)N1CCC(Cc2ccccc2)CC1.I. The van der Waals surface area contributed by atoms with Gasteiger partial charge in [-0.25, -0.2) is 0 Å². The predicted molar refractivity (Wildman–Crippen MR) is 115 cm³/mol. The third-order valence-corrected chi connectivity index (χ3v) is 4.51. The fourth-order valence-corrected chi connectivity index (χ4v) is 3.07. The summed E-state index contributed by atoms with van der Waals surface area (Å²) in [6.45, 7) is 4.99. The zero-order valence-corrected chi connectivity index (χ0v) is 17.7. The number of aliphatic imine (C=N–C) groups is 1. The molecule has 2 N–H and O–H groups in total. The number of piperidine rings is 1. The second-order valence-corrected chi connectivity index (χ2v) is 6.37. The molecule has 5 nitrogen and oxygen atoms in total. The first kappa shape index (κ1) is 21.7. The number of rotatable bonds is 6. The molecule has 0 radical (unpaired) electrons. The Morgan fingerprint density at radius 2 is 1.88 bits per heavy atom. The number of nitrogens with one attached hydrogen (secondary N) is 2. The molecule has 140 valence electrons. The van der Waals surface area contributed by atoms with E-state index in [0.29, 0.717) is 18.4 Å². The minimum Gasteiger partial charge on any atom is -0.356 e. The van der Waals surface area contributed by atoms with Gasteiger partial charge in [0.2, 0.25) is 5.91 Å². The van der Waals surface area contributed by atoms with E-state index in [9.17, 15) is 4.79 Å². The Morgan fingerprint density at radius 1 is 1.20 bits per heavy atom. The molecule has 0 atom stereocenters. The Balaban J connectivity index is 0.00000312. The van der Waals surface area contributed by atoms with Crippen LogP contribution < -0.4 is 10.6 Å². The van der Waals surface area contributed by atoms with E-state index in [-0.39, 0.29) is 29.9 Å². The van der Waals surface area contributed by atoms with E-state index < -0.39 is 0 Å². The Bertz CT molecular complexity index is 527. The molecule has 0 spiro atoms. The highest BCUT2D eigenvalue weighted by Gasteiger charge is 2.22. The van der Waals surface area contributed by atoms with Crippen LogP contribution in [-0.2, 0) is 11.2 Å². The average molecular weight is 458 g/mol. The highest BCUT2D eigenvalue weighted by molar-refractivity contribution is 14.0. The highest BCUT2D eigenvalue weighted by atomic mass is 127. The van der Waals surface area contributed by atoms with Crippen molar-refractivity contribution in [1.82, 2.24) is 15.5 Å². The summed E-state index contributed by atoms with van der Waals surface area (Å²) in [4.78, 5) is 18.4. The Labute approximate surface area is 168 Å². The van der Waals surface area contributed by atoms with Gasteiger partial charge >= 0.3 is 0 Å². The smallest absolute Gasteiger partial charge is 0.241 e. The van der Waals surface area contributed by atoms with Crippen molar-refractivity contribution in [2.75, 3.05) is 33.2 Å². The summed E-state index contributed by atoms with van der Waals surface area (Å²) in [5, 5.41) is 6.28. The molecule has 0 aliphatic carbocycles. The van der Waals surface area contributed by atoms with Crippen LogP contribution in [-0.4, -0.2) is 50.0 Å². The summed E-state index contributed by atoms with van der Waals surface area (Å²) >= 11 is 0. The van der Waals surface area contributed by atoms with Gasteiger partial charge in [-0.2, -0.15) is 0 Å². The molecule has 0 saturated carbocycles. The zero-order valence-electron chi connectivity index (χ0n) is 15.3. The maximum absolute atomic E-state index is 12.3. The standard InChI is InChI=1S/C19H30N4O.HI/c1-3-11-21-19(20-2)22-15-18(24)23-12-9-17(10-13-23)14-16-7-5-4-6-8-16;/h4-8,17H,3,9-15H2,1-2H3,(H2,20,21,22);1H. The molecular formula is C19H31IN4O. The molecule has 1 heterocycles. The molecule has 1 fully saturated rings. The van der Waals surface area contributed by atoms with Crippen LogP contribution in [0.25, 0.3) is 0 Å². The number of likely N-dealkylation sites (tertiary alicyclic amines) is 1. The molecule has 0 bridgehead atoms. The summed E-state index contributed by atoms with van der Waals surface area (Å²) < 4.78 is 0. The number of halogens is 1. The number of guanidine groups is 1. The second-order valence-electron chi connectivity index (χ2n) is 6.37. The topological polar surface area (TPSA) is 56.7 Å². The third kappa shape index (κ3) is 7.63. The summed E-state index contributed by atoms with van der Waals surface area (Å²) in [6, 6.07) is 10.6. The lowest BCUT2D eigenvalue weighted by Crippen LogP contribution is -2.47. The van der Waals surface area contributed by atoms with E-state index in [0.717, 1.165) is 45.3 Å². The maximum atomic E-state index is 12.3. The van der Waals surface area contributed by atoms with E-state index in [4.69, 9.17) is 0 Å². The predicted octanol–water partition coefficient (Wildman–Crippen LogP) is 2.66. The molecule has 1 aliphatic rings. The van der Waals surface area contributed by atoms with Crippen molar-refractivity contribution in [2.24, 2.45) is 10.9 Å². The first-order chi connectivity index (χ1) is 11.7. The average Bonchev–Trinajstić information content (AvgIpc) is 2.63. The van der Waals surface area contributed by atoms with Gasteiger partial charge in [0.25, 0.3) is 0 Å². The van der Waals surface area contributed by atoms with E-state index in [1.165, 1.54) is 5.56 Å². The van der Waals surface area contributed by atoms with Crippen LogP contribution in [0.4, 0.5) is 0 Å². The third-order valence-electron chi connectivity index (χ3n) is 4.51. The largest absolute Gasteiger partial charge is 0.356 e. The van der Waals surface area contributed by atoms with Crippen LogP contribution in [0.5, 0.6) is 0 Å². The fraction of sp³-hybridized carbons (Fsp3) is 0.579. The van der Waals surface area contributed by atoms with Gasteiger partial charge in [0.05, 0.1) is 6.54 Å². The molecule has 1 aromatic rings. The van der Waals surface area contributed by atoms with E-state index in [2.05, 4.69) is 52.9 Å². The first-order valence-corrected chi connectivity index (χ1v) is 8.99. The highest BCUT2D eigenvalue weighted by Crippen LogP contribution is 2.21. The van der Waals surface area contributed by atoms with Gasteiger partial charge in [0, 0.05) is 26.7 Å². The van der Waals surface area contributed by atoms with Crippen molar-refractivity contribution in [3.63, 3.8) is 0 Å². The summed E-state index contributed by atoms with van der Waals surface area (Å²) in [7, 11) is 1.73. The van der Waals surface area contributed by atoms with Gasteiger partial charge in [0.1, 0.15) is 0 Å². The molecule has 25 heavy (non-hydrogen) atoms. The van der Waals surface area contributed by atoms with E-state index in [1.807, 2.05) is 4.90 Å². The molecule has 2 rings (SSSR count).